The number of fused-ring (bicyclic) bond motifs is 1. The number of nitrogens with zero attached hydrogens (tertiary/aromatic N) is 4. The van der Waals surface area contributed by atoms with Gasteiger partial charge >= 0.3 is 0 Å². The van der Waals surface area contributed by atoms with Gasteiger partial charge in [0.15, 0.2) is 17.0 Å². The molecule has 8 heteroatoms. The largest absolute Gasteiger partial charge is 0.365 e. The molecule has 0 bridgehead atoms. The summed E-state index contributed by atoms with van der Waals surface area (Å²) in [4.78, 5) is 13.2. The molecule has 2 fully saturated rings. The van der Waals surface area contributed by atoms with Gasteiger partial charge in [-0.1, -0.05) is 18.2 Å². The molecule has 1 saturated carbocycles. The number of ether oxygens (including phenoxy) is 1. The van der Waals surface area contributed by atoms with Gasteiger partial charge in [-0.3, -0.25) is 4.57 Å². The SMILES string of the molecule is Fc1ccccc1CC[C@@H]1CC[C@H](n2cnc3c(NC4CC[C@@H](F)C4)ncnc32)O1. The van der Waals surface area contributed by atoms with E-state index in [0.29, 0.717) is 36.2 Å². The van der Waals surface area contributed by atoms with Crippen LogP contribution in [0.3, 0.4) is 0 Å². The Hall–Kier alpha value is -2.61. The Labute approximate surface area is 173 Å². The van der Waals surface area contributed by atoms with Gasteiger partial charge in [0.25, 0.3) is 0 Å². The monoisotopic (exact) mass is 413 g/mol. The fraction of sp³-hybridized carbons (Fsp3) is 0.500. The molecule has 0 amide bonds. The lowest BCUT2D eigenvalue weighted by Gasteiger charge is -2.16. The molecule has 5 rings (SSSR count). The average molecular weight is 413 g/mol. The van der Waals surface area contributed by atoms with Gasteiger partial charge < -0.3 is 10.1 Å². The van der Waals surface area contributed by atoms with Crippen molar-refractivity contribution < 1.29 is 13.5 Å². The van der Waals surface area contributed by atoms with Gasteiger partial charge in [0.2, 0.25) is 0 Å². The third-order valence-corrected chi connectivity index (χ3v) is 6.16. The normalized spacial score (nSPS) is 26.5. The number of alkyl halides is 1. The van der Waals surface area contributed by atoms with Crippen molar-refractivity contribution in [3.8, 4) is 0 Å². The predicted octanol–water partition coefficient (Wildman–Crippen LogP) is 4.58. The molecule has 1 aromatic carbocycles. The summed E-state index contributed by atoms with van der Waals surface area (Å²) in [6.45, 7) is 0. The Morgan fingerprint density at radius 3 is 2.83 bits per heavy atom. The van der Waals surface area contributed by atoms with E-state index in [9.17, 15) is 8.78 Å². The minimum Gasteiger partial charge on any atom is -0.365 e. The van der Waals surface area contributed by atoms with Crippen molar-refractivity contribution in [1.82, 2.24) is 19.5 Å². The second-order valence-corrected chi connectivity index (χ2v) is 8.22. The van der Waals surface area contributed by atoms with Gasteiger partial charge in [-0.25, -0.2) is 23.7 Å². The highest BCUT2D eigenvalue weighted by atomic mass is 19.1. The third-order valence-electron chi connectivity index (χ3n) is 6.16. The standard InChI is InChI=1S/C22H25F2N5O/c23-15-6-7-16(11-15)28-21-20-22(26-12-25-21)29(13-27-20)19-10-9-17(30-19)8-5-14-3-1-2-4-18(14)24/h1-4,12-13,15-17,19H,5-11H2,(H,25,26,28)/t15-,16?,17-,19-/m1/s1. The van der Waals surface area contributed by atoms with Gasteiger partial charge in [-0.2, -0.15) is 0 Å². The Balaban J connectivity index is 1.26. The Morgan fingerprint density at radius 2 is 2.00 bits per heavy atom. The van der Waals surface area contributed by atoms with Gasteiger partial charge in [0.1, 0.15) is 24.5 Å². The second-order valence-electron chi connectivity index (χ2n) is 8.22. The molecule has 1 unspecified atom stereocenters. The third kappa shape index (κ3) is 3.88. The molecule has 0 spiro atoms. The quantitative estimate of drug-likeness (QED) is 0.641. The zero-order chi connectivity index (χ0) is 20.5. The van der Waals surface area contributed by atoms with Crippen LogP contribution in [0.5, 0.6) is 0 Å². The fourth-order valence-corrected chi connectivity index (χ4v) is 4.54. The lowest BCUT2D eigenvalue weighted by Crippen LogP contribution is -2.17. The van der Waals surface area contributed by atoms with Crippen molar-refractivity contribution >= 4 is 17.0 Å². The highest BCUT2D eigenvalue weighted by Crippen LogP contribution is 2.34. The van der Waals surface area contributed by atoms with Gasteiger partial charge in [0, 0.05) is 6.04 Å². The molecule has 1 N–H and O–H groups in total. The first-order chi connectivity index (χ1) is 14.7. The number of aromatic nitrogens is 4. The van der Waals surface area contributed by atoms with E-state index in [4.69, 9.17) is 4.74 Å². The smallest absolute Gasteiger partial charge is 0.167 e. The maximum atomic E-state index is 13.8. The van der Waals surface area contributed by atoms with Crippen LogP contribution >= 0.6 is 0 Å². The number of hydrogen-bond donors (Lipinski definition) is 1. The molecule has 4 atom stereocenters. The van der Waals surface area contributed by atoms with E-state index in [2.05, 4.69) is 20.3 Å². The molecule has 2 aromatic heterocycles. The fourth-order valence-electron chi connectivity index (χ4n) is 4.54. The number of halogens is 2. The van der Waals surface area contributed by atoms with E-state index in [1.165, 1.54) is 12.4 Å². The van der Waals surface area contributed by atoms with Crippen LogP contribution < -0.4 is 5.32 Å². The summed E-state index contributed by atoms with van der Waals surface area (Å²) in [7, 11) is 0. The lowest BCUT2D eigenvalue weighted by atomic mass is 10.0. The Kier molecular flexibility index (Phi) is 5.33. The van der Waals surface area contributed by atoms with Crippen LogP contribution in [-0.2, 0) is 11.2 Å². The molecule has 1 aliphatic carbocycles. The van der Waals surface area contributed by atoms with E-state index in [1.54, 1.807) is 12.4 Å². The number of imidazole rings is 1. The highest BCUT2D eigenvalue weighted by Gasteiger charge is 2.29. The van der Waals surface area contributed by atoms with Crippen molar-refractivity contribution in [3.63, 3.8) is 0 Å². The summed E-state index contributed by atoms with van der Waals surface area (Å²) in [6.07, 6.45) is 7.51. The van der Waals surface area contributed by atoms with E-state index in [0.717, 1.165) is 31.2 Å². The van der Waals surface area contributed by atoms with E-state index < -0.39 is 6.17 Å². The molecule has 1 saturated heterocycles. The first-order valence-electron chi connectivity index (χ1n) is 10.6. The minimum absolute atomic E-state index is 0.0754. The highest BCUT2D eigenvalue weighted by molar-refractivity contribution is 5.82. The maximum absolute atomic E-state index is 13.8. The maximum Gasteiger partial charge on any atom is 0.167 e. The molecular formula is C22H25F2N5O. The van der Waals surface area contributed by atoms with Crippen molar-refractivity contribution in [2.24, 2.45) is 0 Å². The summed E-state index contributed by atoms with van der Waals surface area (Å²) in [5.41, 5.74) is 2.11. The summed E-state index contributed by atoms with van der Waals surface area (Å²) in [6, 6.07) is 6.97. The summed E-state index contributed by atoms with van der Waals surface area (Å²) >= 11 is 0. The van der Waals surface area contributed by atoms with Crippen molar-refractivity contribution in [2.75, 3.05) is 5.32 Å². The topological polar surface area (TPSA) is 64.9 Å². The molecule has 3 heterocycles. The number of benzene rings is 1. The van der Waals surface area contributed by atoms with Crippen LogP contribution in [0.2, 0.25) is 0 Å². The van der Waals surface area contributed by atoms with Crippen LogP contribution in [0.4, 0.5) is 14.6 Å². The van der Waals surface area contributed by atoms with Gasteiger partial charge in [0.05, 0.1) is 12.4 Å². The zero-order valence-corrected chi connectivity index (χ0v) is 16.7. The molecular weight excluding hydrogens is 388 g/mol. The first kappa shape index (κ1) is 19.4. The van der Waals surface area contributed by atoms with Crippen molar-refractivity contribution in [1.29, 1.82) is 0 Å². The van der Waals surface area contributed by atoms with Crippen molar-refractivity contribution in [3.05, 3.63) is 48.3 Å². The van der Waals surface area contributed by atoms with Crippen LogP contribution in [0, 0.1) is 5.82 Å². The van der Waals surface area contributed by atoms with Crippen LogP contribution in [0.15, 0.2) is 36.9 Å². The molecule has 0 radical (unpaired) electrons. The zero-order valence-electron chi connectivity index (χ0n) is 16.7. The number of aryl methyl sites for hydroxylation is 1. The second kappa shape index (κ2) is 8.26. The number of rotatable bonds is 6. The van der Waals surface area contributed by atoms with Crippen molar-refractivity contribution in [2.45, 2.75) is 69.5 Å². The average Bonchev–Trinajstić information content (AvgIpc) is 3.47. The van der Waals surface area contributed by atoms with Crippen LogP contribution in [-0.4, -0.2) is 37.8 Å². The van der Waals surface area contributed by atoms with Gasteiger partial charge in [-0.05, 0) is 56.6 Å². The minimum atomic E-state index is -0.745. The molecule has 3 aromatic rings. The Morgan fingerprint density at radius 1 is 1.10 bits per heavy atom. The predicted molar refractivity (Wildman–Crippen MR) is 109 cm³/mol. The molecule has 2 aliphatic rings. The van der Waals surface area contributed by atoms with E-state index >= 15 is 0 Å². The van der Waals surface area contributed by atoms with Gasteiger partial charge in [-0.15, -0.1) is 0 Å². The first-order valence-corrected chi connectivity index (χ1v) is 10.6. The molecule has 1 aliphatic heterocycles. The lowest BCUT2D eigenvalue weighted by molar-refractivity contribution is 0.000814. The molecule has 6 nitrogen and oxygen atoms in total. The summed E-state index contributed by atoms with van der Waals surface area (Å²) < 4.78 is 35.5. The van der Waals surface area contributed by atoms with Crippen LogP contribution in [0.1, 0.15) is 50.3 Å². The van der Waals surface area contributed by atoms with E-state index in [1.807, 2.05) is 16.7 Å². The Bertz CT molecular complexity index is 1030. The molecule has 30 heavy (non-hydrogen) atoms. The number of anilines is 1. The number of hydrogen-bond acceptors (Lipinski definition) is 5. The molecule has 158 valence electrons. The summed E-state index contributed by atoms with van der Waals surface area (Å²) in [5, 5.41) is 3.33. The van der Waals surface area contributed by atoms with Crippen LogP contribution in [0.25, 0.3) is 11.2 Å². The number of nitrogens with one attached hydrogen (secondary N) is 1. The summed E-state index contributed by atoms with van der Waals surface area (Å²) in [5.74, 6) is 0.484. The van der Waals surface area contributed by atoms with E-state index in [-0.39, 0.29) is 24.2 Å².